The van der Waals surface area contributed by atoms with E-state index < -0.39 is 0 Å². The van der Waals surface area contributed by atoms with Crippen molar-refractivity contribution in [2.75, 3.05) is 7.11 Å². The van der Waals surface area contributed by atoms with Crippen molar-refractivity contribution in [1.82, 2.24) is 0 Å². The zero-order valence-electron chi connectivity index (χ0n) is 10.6. The van der Waals surface area contributed by atoms with Crippen LogP contribution in [0.4, 0.5) is 0 Å². The minimum absolute atomic E-state index is 0.160. The van der Waals surface area contributed by atoms with E-state index in [0.717, 1.165) is 5.56 Å². The third kappa shape index (κ3) is 3.47. The van der Waals surface area contributed by atoms with Gasteiger partial charge in [0, 0.05) is 17.7 Å². The number of aliphatic hydroxyl groups excluding tert-OH is 1. The first-order valence-electron chi connectivity index (χ1n) is 5.88. The van der Waals surface area contributed by atoms with Gasteiger partial charge in [0.15, 0.2) is 0 Å². The van der Waals surface area contributed by atoms with Crippen molar-refractivity contribution in [2.45, 2.75) is 13.2 Å². The Kier molecular flexibility index (Phi) is 4.80. The molecular weight excluding hydrogens is 264 g/mol. The van der Waals surface area contributed by atoms with Crippen molar-refractivity contribution in [2.24, 2.45) is 0 Å². The number of benzene rings is 2. The minimum atomic E-state index is -0.160. The average molecular weight is 279 g/mol. The van der Waals surface area contributed by atoms with Crippen LogP contribution in [0.25, 0.3) is 0 Å². The summed E-state index contributed by atoms with van der Waals surface area (Å²) >= 11 is 6.02. The first kappa shape index (κ1) is 13.9. The van der Waals surface area contributed by atoms with Gasteiger partial charge in [-0.2, -0.15) is 0 Å². The Morgan fingerprint density at radius 1 is 1.16 bits per heavy atom. The largest absolute Gasteiger partial charge is 0.457 e. The van der Waals surface area contributed by atoms with Gasteiger partial charge in [0.1, 0.15) is 11.5 Å². The molecule has 0 heterocycles. The smallest absolute Gasteiger partial charge is 0.134 e. The molecule has 1 N–H and O–H groups in total. The fourth-order valence-corrected chi connectivity index (χ4v) is 2.01. The third-order valence-electron chi connectivity index (χ3n) is 2.67. The zero-order valence-corrected chi connectivity index (χ0v) is 11.4. The SMILES string of the molecule is COCc1cccc(Oc2cccc(Cl)c2CO)c1. The van der Waals surface area contributed by atoms with E-state index in [9.17, 15) is 5.11 Å². The van der Waals surface area contributed by atoms with Gasteiger partial charge < -0.3 is 14.6 Å². The Bertz CT molecular complexity index is 555. The molecule has 0 bridgehead atoms. The Hall–Kier alpha value is -1.55. The number of hydrogen-bond donors (Lipinski definition) is 1. The summed E-state index contributed by atoms with van der Waals surface area (Å²) in [5.41, 5.74) is 1.61. The monoisotopic (exact) mass is 278 g/mol. The molecular formula is C15H15ClO3. The first-order chi connectivity index (χ1) is 9.24. The Morgan fingerprint density at radius 3 is 2.68 bits per heavy atom. The van der Waals surface area contributed by atoms with Gasteiger partial charge in [-0.3, -0.25) is 0 Å². The van der Waals surface area contributed by atoms with Crippen molar-refractivity contribution in [3.05, 3.63) is 58.6 Å². The summed E-state index contributed by atoms with van der Waals surface area (Å²) < 4.78 is 10.8. The fourth-order valence-electron chi connectivity index (χ4n) is 1.78. The van der Waals surface area contributed by atoms with Crippen LogP contribution in [0.1, 0.15) is 11.1 Å². The molecule has 2 rings (SSSR count). The average Bonchev–Trinajstić information content (AvgIpc) is 2.40. The molecule has 0 fully saturated rings. The highest BCUT2D eigenvalue weighted by molar-refractivity contribution is 6.31. The normalized spacial score (nSPS) is 10.5. The fraction of sp³-hybridized carbons (Fsp3) is 0.200. The lowest BCUT2D eigenvalue weighted by atomic mass is 10.2. The zero-order chi connectivity index (χ0) is 13.7. The molecule has 19 heavy (non-hydrogen) atoms. The van der Waals surface area contributed by atoms with E-state index >= 15 is 0 Å². The van der Waals surface area contributed by atoms with Crippen LogP contribution in [-0.4, -0.2) is 12.2 Å². The number of hydrogen-bond acceptors (Lipinski definition) is 3. The molecule has 100 valence electrons. The molecule has 4 heteroatoms. The van der Waals surface area contributed by atoms with Crippen LogP contribution >= 0.6 is 11.6 Å². The highest BCUT2D eigenvalue weighted by Crippen LogP contribution is 2.30. The molecule has 2 aromatic carbocycles. The summed E-state index contributed by atoms with van der Waals surface area (Å²) in [5.74, 6) is 1.25. The third-order valence-corrected chi connectivity index (χ3v) is 3.03. The minimum Gasteiger partial charge on any atom is -0.457 e. The molecule has 0 spiro atoms. The number of aliphatic hydroxyl groups is 1. The van der Waals surface area contributed by atoms with Crippen molar-refractivity contribution < 1.29 is 14.6 Å². The van der Waals surface area contributed by atoms with Crippen LogP contribution in [0, 0.1) is 0 Å². The second kappa shape index (κ2) is 6.57. The molecule has 0 aliphatic rings. The molecule has 0 saturated heterocycles. The predicted molar refractivity (Wildman–Crippen MR) is 74.6 cm³/mol. The number of methoxy groups -OCH3 is 1. The van der Waals surface area contributed by atoms with Crippen molar-refractivity contribution in [3.63, 3.8) is 0 Å². The highest BCUT2D eigenvalue weighted by Gasteiger charge is 2.08. The standard InChI is InChI=1S/C15H15ClO3/c1-18-10-11-4-2-5-12(8-11)19-15-7-3-6-14(16)13(15)9-17/h2-8,17H,9-10H2,1H3. The van der Waals surface area contributed by atoms with E-state index in [0.29, 0.717) is 28.7 Å². The van der Waals surface area contributed by atoms with E-state index in [1.54, 1.807) is 25.3 Å². The van der Waals surface area contributed by atoms with E-state index in [1.807, 2.05) is 24.3 Å². The van der Waals surface area contributed by atoms with Gasteiger partial charge in [0.05, 0.1) is 13.2 Å². The van der Waals surface area contributed by atoms with Crippen molar-refractivity contribution >= 4 is 11.6 Å². The van der Waals surface area contributed by atoms with Crippen LogP contribution in [0.3, 0.4) is 0 Å². The molecule has 3 nitrogen and oxygen atoms in total. The quantitative estimate of drug-likeness (QED) is 0.905. The molecule has 0 amide bonds. The Labute approximate surface area is 117 Å². The topological polar surface area (TPSA) is 38.7 Å². The van der Waals surface area contributed by atoms with Crippen LogP contribution in [0.2, 0.25) is 5.02 Å². The summed E-state index contributed by atoms with van der Waals surface area (Å²) in [4.78, 5) is 0. The Morgan fingerprint density at radius 2 is 1.95 bits per heavy atom. The van der Waals surface area contributed by atoms with Crippen LogP contribution in [-0.2, 0) is 18.0 Å². The molecule has 0 radical (unpaired) electrons. The molecule has 0 unspecified atom stereocenters. The molecule has 0 saturated carbocycles. The number of ether oxygens (including phenoxy) is 2. The lowest BCUT2D eigenvalue weighted by Crippen LogP contribution is -1.94. The van der Waals surface area contributed by atoms with Gasteiger partial charge in [0.25, 0.3) is 0 Å². The molecule has 0 aromatic heterocycles. The van der Waals surface area contributed by atoms with Gasteiger partial charge in [-0.1, -0.05) is 29.8 Å². The maximum atomic E-state index is 9.33. The predicted octanol–water partition coefficient (Wildman–Crippen LogP) is 3.77. The van der Waals surface area contributed by atoms with E-state index in [1.165, 1.54) is 0 Å². The maximum Gasteiger partial charge on any atom is 0.134 e. The van der Waals surface area contributed by atoms with Crippen molar-refractivity contribution in [1.29, 1.82) is 0 Å². The van der Waals surface area contributed by atoms with Gasteiger partial charge >= 0.3 is 0 Å². The summed E-state index contributed by atoms with van der Waals surface area (Å²) in [6.45, 7) is 0.367. The number of rotatable bonds is 5. The second-order valence-corrected chi connectivity index (χ2v) is 4.46. The van der Waals surface area contributed by atoms with Crippen LogP contribution < -0.4 is 4.74 Å². The van der Waals surface area contributed by atoms with Crippen molar-refractivity contribution in [3.8, 4) is 11.5 Å². The molecule has 2 aromatic rings. The summed E-state index contributed by atoms with van der Waals surface area (Å²) in [7, 11) is 1.65. The van der Waals surface area contributed by atoms with Gasteiger partial charge in [0.2, 0.25) is 0 Å². The van der Waals surface area contributed by atoms with Gasteiger partial charge in [-0.05, 0) is 29.8 Å². The molecule has 0 aliphatic heterocycles. The van der Waals surface area contributed by atoms with Crippen LogP contribution in [0.15, 0.2) is 42.5 Å². The van der Waals surface area contributed by atoms with E-state index in [-0.39, 0.29) is 6.61 Å². The highest BCUT2D eigenvalue weighted by atomic mass is 35.5. The number of halogens is 1. The van der Waals surface area contributed by atoms with Crippen LogP contribution in [0.5, 0.6) is 11.5 Å². The maximum absolute atomic E-state index is 9.33. The second-order valence-electron chi connectivity index (χ2n) is 4.06. The van der Waals surface area contributed by atoms with E-state index in [4.69, 9.17) is 21.1 Å². The van der Waals surface area contributed by atoms with E-state index in [2.05, 4.69) is 0 Å². The summed E-state index contributed by atoms with van der Waals surface area (Å²) in [6, 6.07) is 12.9. The molecule has 0 aliphatic carbocycles. The lowest BCUT2D eigenvalue weighted by molar-refractivity contribution is 0.184. The van der Waals surface area contributed by atoms with Gasteiger partial charge in [-0.25, -0.2) is 0 Å². The summed E-state index contributed by atoms with van der Waals surface area (Å²) in [6.07, 6.45) is 0. The summed E-state index contributed by atoms with van der Waals surface area (Å²) in [5, 5.41) is 9.83. The van der Waals surface area contributed by atoms with Gasteiger partial charge in [-0.15, -0.1) is 0 Å². The first-order valence-corrected chi connectivity index (χ1v) is 6.26. The lowest BCUT2D eigenvalue weighted by Gasteiger charge is -2.11. The Balaban J connectivity index is 2.26. The molecule has 0 atom stereocenters.